The van der Waals surface area contributed by atoms with Crippen LogP contribution in [0.25, 0.3) is 0 Å². The van der Waals surface area contributed by atoms with Crippen molar-refractivity contribution in [3.05, 3.63) is 83.4 Å². The van der Waals surface area contributed by atoms with Crippen LogP contribution in [0, 0.1) is 13.8 Å². The van der Waals surface area contributed by atoms with Crippen molar-refractivity contribution >= 4 is 21.6 Å². The van der Waals surface area contributed by atoms with Crippen molar-refractivity contribution in [3.8, 4) is 11.5 Å². The van der Waals surface area contributed by atoms with Crippen LogP contribution in [0.15, 0.2) is 71.6 Å². The van der Waals surface area contributed by atoms with Gasteiger partial charge >= 0.3 is 0 Å². The van der Waals surface area contributed by atoms with Crippen molar-refractivity contribution in [1.29, 1.82) is 0 Å². The van der Waals surface area contributed by atoms with Crippen LogP contribution in [-0.2, 0) is 21.4 Å². The third kappa shape index (κ3) is 4.66. The first-order chi connectivity index (χ1) is 15.8. The molecule has 1 N–H and O–H groups in total. The van der Waals surface area contributed by atoms with Crippen LogP contribution in [-0.4, -0.2) is 34.1 Å². The minimum absolute atomic E-state index is 0.107. The summed E-state index contributed by atoms with van der Waals surface area (Å²) in [5.41, 5.74) is 3.35. The molecule has 0 saturated heterocycles. The lowest BCUT2D eigenvalue weighted by Gasteiger charge is -2.35. The van der Waals surface area contributed by atoms with E-state index in [1.54, 1.807) is 24.3 Å². The lowest BCUT2D eigenvalue weighted by atomic mass is 10.1. The van der Waals surface area contributed by atoms with Crippen molar-refractivity contribution in [2.45, 2.75) is 31.4 Å². The van der Waals surface area contributed by atoms with Crippen molar-refractivity contribution in [1.82, 2.24) is 5.32 Å². The minimum Gasteiger partial charge on any atom is -0.497 e. The Kier molecular flexibility index (Phi) is 6.29. The molecule has 3 aromatic rings. The predicted molar refractivity (Wildman–Crippen MR) is 126 cm³/mol. The van der Waals surface area contributed by atoms with E-state index in [-0.39, 0.29) is 17.3 Å². The van der Waals surface area contributed by atoms with Gasteiger partial charge in [0.2, 0.25) is 0 Å². The molecule has 0 radical (unpaired) electrons. The number of carbonyl (C=O) groups is 1. The number of rotatable bonds is 6. The third-order valence-electron chi connectivity index (χ3n) is 5.64. The van der Waals surface area contributed by atoms with E-state index in [0.29, 0.717) is 23.7 Å². The highest BCUT2D eigenvalue weighted by Gasteiger charge is 2.37. The van der Waals surface area contributed by atoms with Gasteiger partial charge in [-0.15, -0.1) is 0 Å². The summed E-state index contributed by atoms with van der Waals surface area (Å²) in [7, 11) is -2.42. The normalized spacial score (nSPS) is 15.4. The van der Waals surface area contributed by atoms with Gasteiger partial charge in [0.15, 0.2) is 6.10 Å². The second-order valence-electron chi connectivity index (χ2n) is 7.93. The molecular formula is C25H26N2O5S. The molecule has 3 aromatic carbocycles. The summed E-state index contributed by atoms with van der Waals surface area (Å²) in [6, 6.07) is 19.2. The molecule has 0 spiro atoms. The Bertz CT molecular complexity index is 1270. The molecule has 4 rings (SSSR count). The maximum absolute atomic E-state index is 13.5. The first-order valence-corrected chi connectivity index (χ1v) is 12.0. The quantitative estimate of drug-likeness (QED) is 0.600. The Labute approximate surface area is 194 Å². The molecule has 8 heteroatoms. The van der Waals surface area contributed by atoms with Crippen molar-refractivity contribution in [3.63, 3.8) is 0 Å². The van der Waals surface area contributed by atoms with Gasteiger partial charge in [0.25, 0.3) is 15.9 Å². The minimum atomic E-state index is -3.94. The maximum Gasteiger partial charge on any atom is 0.264 e. The Hall–Kier alpha value is -3.52. The standard InChI is InChI=1S/C25H26N2O5S/c1-17-8-13-22-23(14-17)32-24(25(28)26-15-19-7-5-4-6-18(19)2)16-27(22)33(29,30)21-11-9-20(31-3)10-12-21/h4-14,24H,15-16H2,1-3H3,(H,26,28). The van der Waals surface area contributed by atoms with Crippen molar-refractivity contribution in [2.75, 3.05) is 18.0 Å². The number of hydrogen-bond donors (Lipinski definition) is 1. The fraction of sp³-hybridized carbons (Fsp3) is 0.240. The summed E-state index contributed by atoms with van der Waals surface area (Å²) < 4.78 is 39.4. The Morgan fingerprint density at radius 1 is 1.09 bits per heavy atom. The molecule has 1 amide bonds. The Morgan fingerprint density at radius 3 is 2.52 bits per heavy atom. The monoisotopic (exact) mass is 466 g/mol. The van der Waals surface area contributed by atoms with Gasteiger partial charge in [-0.05, 0) is 66.9 Å². The molecule has 172 valence electrons. The summed E-state index contributed by atoms with van der Waals surface area (Å²) in [5, 5.41) is 2.88. The molecule has 7 nitrogen and oxygen atoms in total. The van der Waals surface area contributed by atoms with Crippen LogP contribution >= 0.6 is 0 Å². The highest BCUT2D eigenvalue weighted by Crippen LogP contribution is 2.38. The van der Waals surface area contributed by atoms with Crippen LogP contribution in [0.5, 0.6) is 11.5 Å². The molecule has 0 fully saturated rings. The molecular weight excluding hydrogens is 440 g/mol. The fourth-order valence-corrected chi connectivity index (χ4v) is 5.18. The molecule has 0 saturated carbocycles. The summed E-state index contributed by atoms with van der Waals surface area (Å²) in [6.45, 7) is 4.05. The van der Waals surface area contributed by atoms with Crippen LogP contribution in [0.1, 0.15) is 16.7 Å². The lowest BCUT2D eigenvalue weighted by molar-refractivity contribution is -0.127. The number of benzene rings is 3. The zero-order valence-corrected chi connectivity index (χ0v) is 19.6. The topological polar surface area (TPSA) is 84.9 Å². The molecule has 1 aliphatic heterocycles. The van der Waals surface area contributed by atoms with Gasteiger partial charge in [0.05, 0.1) is 24.2 Å². The van der Waals surface area contributed by atoms with Crippen LogP contribution in [0.3, 0.4) is 0 Å². The van der Waals surface area contributed by atoms with Crippen molar-refractivity contribution < 1.29 is 22.7 Å². The van der Waals surface area contributed by atoms with E-state index in [2.05, 4.69) is 5.32 Å². The third-order valence-corrected chi connectivity index (χ3v) is 7.43. The number of methoxy groups -OCH3 is 1. The lowest BCUT2D eigenvalue weighted by Crippen LogP contribution is -2.50. The van der Waals surface area contributed by atoms with E-state index in [4.69, 9.17) is 9.47 Å². The number of carbonyl (C=O) groups excluding carboxylic acids is 1. The molecule has 0 aliphatic carbocycles. The Morgan fingerprint density at radius 2 is 1.82 bits per heavy atom. The second-order valence-corrected chi connectivity index (χ2v) is 9.80. The number of nitrogens with one attached hydrogen (secondary N) is 1. The fourth-order valence-electron chi connectivity index (χ4n) is 3.70. The maximum atomic E-state index is 13.5. The van der Waals surface area contributed by atoms with E-state index in [0.717, 1.165) is 16.7 Å². The largest absolute Gasteiger partial charge is 0.497 e. The van der Waals surface area contributed by atoms with Gasteiger partial charge < -0.3 is 14.8 Å². The summed E-state index contributed by atoms with van der Waals surface area (Å²) >= 11 is 0. The number of anilines is 1. The summed E-state index contributed by atoms with van der Waals surface area (Å²) in [6.07, 6.45) is -0.989. The number of fused-ring (bicyclic) bond motifs is 1. The molecule has 33 heavy (non-hydrogen) atoms. The van der Waals surface area contributed by atoms with E-state index in [9.17, 15) is 13.2 Å². The van der Waals surface area contributed by atoms with E-state index in [1.807, 2.05) is 44.2 Å². The van der Waals surface area contributed by atoms with Crippen LogP contribution in [0.4, 0.5) is 5.69 Å². The highest BCUT2D eigenvalue weighted by atomic mass is 32.2. The number of sulfonamides is 1. The number of amides is 1. The average Bonchev–Trinajstić information content (AvgIpc) is 2.82. The average molecular weight is 467 g/mol. The SMILES string of the molecule is COc1ccc(S(=O)(=O)N2CC(C(=O)NCc3ccccc3C)Oc3cc(C)ccc32)cc1. The van der Waals surface area contributed by atoms with E-state index in [1.165, 1.54) is 23.5 Å². The smallest absolute Gasteiger partial charge is 0.264 e. The number of hydrogen-bond acceptors (Lipinski definition) is 5. The molecule has 0 bridgehead atoms. The molecule has 0 aromatic heterocycles. The molecule has 1 aliphatic rings. The zero-order valence-electron chi connectivity index (χ0n) is 18.7. The Balaban J connectivity index is 1.63. The van der Waals surface area contributed by atoms with Crippen molar-refractivity contribution in [2.24, 2.45) is 0 Å². The molecule has 1 heterocycles. The summed E-state index contributed by atoms with van der Waals surface area (Å²) in [4.78, 5) is 13.1. The first kappa shape index (κ1) is 22.7. The van der Waals surface area contributed by atoms with Gasteiger partial charge in [0.1, 0.15) is 11.5 Å². The first-order valence-electron chi connectivity index (χ1n) is 10.6. The molecule has 1 atom stereocenters. The van der Waals surface area contributed by atoms with Crippen LogP contribution in [0.2, 0.25) is 0 Å². The van der Waals surface area contributed by atoms with E-state index < -0.39 is 16.1 Å². The number of aryl methyl sites for hydroxylation is 2. The predicted octanol–water partition coefficient (Wildman–Crippen LogP) is 3.58. The summed E-state index contributed by atoms with van der Waals surface area (Å²) in [5.74, 6) is 0.537. The van der Waals surface area contributed by atoms with Gasteiger partial charge in [-0.2, -0.15) is 0 Å². The number of ether oxygens (including phenoxy) is 2. The van der Waals surface area contributed by atoms with Gasteiger partial charge in [-0.3, -0.25) is 9.10 Å². The zero-order chi connectivity index (χ0) is 23.6. The van der Waals surface area contributed by atoms with Gasteiger partial charge in [-0.25, -0.2) is 8.42 Å². The highest BCUT2D eigenvalue weighted by molar-refractivity contribution is 7.92. The van der Waals surface area contributed by atoms with E-state index >= 15 is 0 Å². The molecule has 1 unspecified atom stereocenters. The van der Waals surface area contributed by atoms with Crippen LogP contribution < -0.4 is 19.1 Å². The van der Waals surface area contributed by atoms with Gasteiger partial charge in [-0.1, -0.05) is 30.3 Å². The van der Waals surface area contributed by atoms with Gasteiger partial charge in [0, 0.05) is 6.54 Å². The second kappa shape index (κ2) is 9.15. The number of nitrogens with zero attached hydrogens (tertiary/aromatic N) is 1.